The summed E-state index contributed by atoms with van der Waals surface area (Å²) < 4.78 is 0. The van der Waals surface area contributed by atoms with Crippen molar-refractivity contribution in [1.82, 2.24) is 14.8 Å². The summed E-state index contributed by atoms with van der Waals surface area (Å²) in [6, 6.07) is 24.8. The maximum absolute atomic E-state index is 13.4. The first-order valence-corrected chi connectivity index (χ1v) is 11.0. The van der Waals surface area contributed by atoms with E-state index in [1.54, 1.807) is 11.1 Å². The fraction of sp³-hybridized carbons (Fsp3) is 0.269. The van der Waals surface area contributed by atoms with Crippen molar-refractivity contribution < 1.29 is 9.59 Å². The standard InChI is InChI=1S/C26H28N4O2/c1-29(24(20-10-4-2-5-11-20)23-14-8-9-17-27-23)25(31)21-15-18-30(19-16-21)26(32)28-22-12-6-3-7-13-22/h2-14,17,21,24H,15-16,18-19H2,1H3,(H,28,32). The van der Waals surface area contributed by atoms with Gasteiger partial charge in [0.05, 0.1) is 11.7 Å². The number of pyridine rings is 1. The van der Waals surface area contributed by atoms with E-state index in [0.717, 1.165) is 16.9 Å². The molecule has 0 saturated carbocycles. The van der Waals surface area contributed by atoms with Gasteiger partial charge in [-0.2, -0.15) is 0 Å². The molecule has 1 fully saturated rings. The number of piperidine rings is 1. The molecular weight excluding hydrogens is 400 g/mol. The van der Waals surface area contributed by atoms with Gasteiger partial charge in [-0.05, 0) is 42.7 Å². The first-order valence-electron chi connectivity index (χ1n) is 11.0. The monoisotopic (exact) mass is 428 g/mol. The van der Waals surface area contributed by atoms with Gasteiger partial charge in [-0.1, -0.05) is 54.6 Å². The van der Waals surface area contributed by atoms with Crippen molar-refractivity contribution >= 4 is 17.6 Å². The second-order valence-corrected chi connectivity index (χ2v) is 8.07. The van der Waals surface area contributed by atoms with E-state index in [1.165, 1.54) is 0 Å². The zero-order valence-electron chi connectivity index (χ0n) is 18.2. The predicted octanol–water partition coefficient (Wildman–Crippen LogP) is 4.57. The molecule has 164 valence electrons. The van der Waals surface area contributed by atoms with Crippen LogP contribution in [0.1, 0.15) is 30.1 Å². The van der Waals surface area contributed by atoms with Crippen LogP contribution in [0.2, 0.25) is 0 Å². The van der Waals surface area contributed by atoms with E-state index >= 15 is 0 Å². The van der Waals surface area contributed by atoms with Gasteiger partial charge in [0.25, 0.3) is 0 Å². The van der Waals surface area contributed by atoms with Gasteiger partial charge in [-0.15, -0.1) is 0 Å². The summed E-state index contributed by atoms with van der Waals surface area (Å²) in [5.41, 5.74) is 2.65. The highest BCUT2D eigenvalue weighted by molar-refractivity contribution is 5.89. The Morgan fingerprint density at radius 3 is 2.19 bits per heavy atom. The van der Waals surface area contributed by atoms with Gasteiger partial charge in [0.2, 0.25) is 5.91 Å². The number of carbonyl (C=O) groups excluding carboxylic acids is 2. The number of amides is 3. The first-order chi connectivity index (χ1) is 15.6. The summed E-state index contributed by atoms with van der Waals surface area (Å²) >= 11 is 0. The summed E-state index contributed by atoms with van der Waals surface area (Å²) in [6.07, 6.45) is 3.05. The van der Waals surface area contributed by atoms with Gasteiger partial charge in [-0.3, -0.25) is 9.78 Å². The van der Waals surface area contributed by atoms with Crippen LogP contribution in [0.4, 0.5) is 10.5 Å². The highest BCUT2D eigenvalue weighted by Crippen LogP contribution is 2.29. The lowest BCUT2D eigenvalue weighted by molar-refractivity contribution is -0.137. The average molecular weight is 429 g/mol. The summed E-state index contributed by atoms with van der Waals surface area (Å²) in [4.78, 5) is 34.1. The number of hydrogen-bond acceptors (Lipinski definition) is 3. The summed E-state index contributed by atoms with van der Waals surface area (Å²) in [5.74, 6) is -0.0247. The van der Waals surface area contributed by atoms with E-state index in [2.05, 4.69) is 10.3 Å². The first kappa shape index (κ1) is 21.6. The molecule has 3 amide bonds. The Balaban J connectivity index is 1.42. The molecule has 6 heteroatoms. The number of para-hydroxylation sites is 1. The number of urea groups is 1. The van der Waals surface area contributed by atoms with Crippen LogP contribution in [-0.4, -0.2) is 46.9 Å². The Kier molecular flexibility index (Phi) is 6.80. The Hall–Kier alpha value is -3.67. The summed E-state index contributed by atoms with van der Waals surface area (Å²) in [6.45, 7) is 1.12. The minimum atomic E-state index is -0.246. The van der Waals surface area contributed by atoms with Gasteiger partial charge >= 0.3 is 6.03 Å². The number of nitrogens with one attached hydrogen (secondary N) is 1. The van der Waals surface area contributed by atoms with Crippen molar-refractivity contribution in [2.24, 2.45) is 5.92 Å². The zero-order chi connectivity index (χ0) is 22.3. The number of anilines is 1. The van der Waals surface area contributed by atoms with Crippen LogP contribution in [0.5, 0.6) is 0 Å². The molecule has 6 nitrogen and oxygen atoms in total. The van der Waals surface area contributed by atoms with Crippen LogP contribution in [0.15, 0.2) is 85.1 Å². The SMILES string of the molecule is CN(C(=O)C1CCN(C(=O)Nc2ccccc2)CC1)C(c1ccccc1)c1ccccn1. The van der Waals surface area contributed by atoms with E-state index in [0.29, 0.717) is 25.9 Å². The largest absolute Gasteiger partial charge is 0.333 e. The van der Waals surface area contributed by atoms with E-state index in [9.17, 15) is 9.59 Å². The topological polar surface area (TPSA) is 65.5 Å². The molecule has 4 rings (SSSR count). The van der Waals surface area contributed by atoms with Crippen LogP contribution in [0, 0.1) is 5.92 Å². The fourth-order valence-corrected chi connectivity index (χ4v) is 4.23. The number of benzene rings is 2. The van der Waals surface area contributed by atoms with Crippen molar-refractivity contribution in [3.05, 3.63) is 96.3 Å². The van der Waals surface area contributed by atoms with E-state index < -0.39 is 0 Å². The summed E-state index contributed by atoms with van der Waals surface area (Å²) in [5, 5.41) is 2.92. The second kappa shape index (κ2) is 10.1. The molecule has 2 heterocycles. The predicted molar refractivity (Wildman–Crippen MR) is 125 cm³/mol. The molecule has 1 atom stereocenters. The number of nitrogens with zero attached hydrogens (tertiary/aromatic N) is 3. The lowest BCUT2D eigenvalue weighted by Gasteiger charge is -2.36. The highest BCUT2D eigenvalue weighted by atomic mass is 16.2. The molecule has 1 N–H and O–H groups in total. The smallest absolute Gasteiger partial charge is 0.321 e. The Labute approximate surface area is 188 Å². The maximum Gasteiger partial charge on any atom is 0.321 e. The molecule has 1 unspecified atom stereocenters. The zero-order valence-corrected chi connectivity index (χ0v) is 18.2. The molecule has 0 bridgehead atoms. The molecule has 32 heavy (non-hydrogen) atoms. The quantitative estimate of drug-likeness (QED) is 0.647. The van der Waals surface area contributed by atoms with Crippen LogP contribution in [-0.2, 0) is 4.79 Å². The lowest BCUT2D eigenvalue weighted by Crippen LogP contribution is -2.45. The molecule has 0 spiro atoms. The van der Waals surface area contributed by atoms with Crippen molar-refractivity contribution in [2.75, 3.05) is 25.5 Å². The number of rotatable bonds is 5. The number of hydrogen-bond donors (Lipinski definition) is 1. The van der Waals surface area contributed by atoms with Crippen molar-refractivity contribution in [1.29, 1.82) is 0 Å². The maximum atomic E-state index is 13.4. The molecule has 0 aliphatic carbocycles. The minimum Gasteiger partial charge on any atom is -0.333 e. The van der Waals surface area contributed by atoms with Gasteiger partial charge in [0.15, 0.2) is 0 Å². The average Bonchev–Trinajstić information content (AvgIpc) is 2.86. The highest BCUT2D eigenvalue weighted by Gasteiger charge is 2.33. The Bertz CT molecular complexity index is 980. The number of aromatic nitrogens is 1. The fourth-order valence-electron chi connectivity index (χ4n) is 4.23. The second-order valence-electron chi connectivity index (χ2n) is 8.07. The van der Waals surface area contributed by atoms with Gasteiger partial charge in [0, 0.05) is 37.9 Å². The van der Waals surface area contributed by atoms with Crippen LogP contribution in [0.3, 0.4) is 0 Å². The van der Waals surface area contributed by atoms with Crippen molar-refractivity contribution in [3.63, 3.8) is 0 Å². The van der Waals surface area contributed by atoms with E-state index in [1.807, 2.05) is 90.8 Å². The van der Waals surface area contributed by atoms with Gasteiger partial charge in [0.1, 0.15) is 0 Å². The van der Waals surface area contributed by atoms with Gasteiger partial charge in [-0.25, -0.2) is 4.79 Å². The van der Waals surface area contributed by atoms with Crippen molar-refractivity contribution in [3.8, 4) is 0 Å². The third-order valence-corrected chi connectivity index (χ3v) is 5.97. The number of likely N-dealkylation sites (tertiary alicyclic amines) is 1. The Morgan fingerprint density at radius 1 is 0.938 bits per heavy atom. The van der Waals surface area contributed by atoms with E-state index in [4.69, 9.17) is 0 Å². The number of carbonyl (C=O) groups is 2. The van der Waals surface area contributed by atoms with Gasteiger partial charge < -0.3 is 15.1 Å². The molecule has 3 aromatic rings. The molecule has 0 radical (unpaired) electrons. The molecule has 1 aliphatic heterocycles. The lowest BCUT2D eigenvalue weighted by atomic mass is 9.93. The molecule has 1 aliphatic rings. The minimum absolute atomic E-state index is 0.0904. The molecular formula is C26H28N4O2. The van der Waals surface area contributed by atoms with Crippen LogP contribution in [0.25, 0.3) is 0 Å². The summed E-state index contributed by atoms with van der Waals surface area (Å²) in [7, 11) is 1.85. The third kappa shape index (κ3) is 4.97. The van der Waals surface area contributed by atoms with Crippen LogP contribution >= 0.6 is 0 Å². The molecule has 1 saturated heterocycles. The van der Waals surface area contributed by atoms with E-state index in [-0.39, 0.29) is 23.9 Å². The van der Waals surface area contributed by atoms with Crippen LogP contribution < -0.4 is 5.32 Å². The molecule has 1 aromatic heterocycles. The normalized spacial score (nSPS) is 15.1. The third-order valence-electron chi connectivity index (χ3n) is 5.97. The van der Waals surface area contributed by atoms with Crippen molar-refractivity contribution in [2.45, 2.75) is 18.9 Å². The Morgan fingerprint density at radius 2 is 1.56 bits per heavy atom. The molecule has 2 aromatic carbocycles.